The Kier molecular flexibility index (Phi) is 7.65. The highest BCUT2D eigenvalue weighted by Gasteiger charge is 2.43. The molecule has 2 aromatic carbocycles. The molecule has 2 aromatic rings. The zero-order valence-electron chi connectivity index (χ0n) is 19.0. The first kappa shape index (κ1) is 24.7. The Bertz CT molecular complexity index is 1090. The van der Waals surface area contributed by atoms with Crippen LogP contribution in [-0.2, 0) is 16.6 Å². The van der Waals surface area contributed by atoms with Crippen LogP contribution in [0.4, 0.5) is 0 Å². The van der Waals surface area contributed by atoms with Crippen LogP contribution >= 0.6 is 12.4 Å². The minimum atomic E-state index is -3.50. The maximum Gasteiger partial charge on any atom is 0.243 e. The number of hydrogen-bond donors (Lipinski definition) is 2. The Morgan fingerprint density at radius 3 is 2.50 bits per heavy atom. The van der Waals surface area contributed by atoms with Crippen molar-refractivity contribution in [1.82, 2.24) is 14.9 Å². The molecule has 0 saturated carbocycles. The predicted molar refractivity (Wildman–Crippen MR) is 132 cm³/mol. The van der Waals surface area contributed by atoms with Crippen LogP contribution in [0.15, 0.2) is 52.4 Å². The highest BCUT2D eigenvalue weighted by molar-refractivity contribution is 7.89. The van der Waals surface area contributed by atoms with Crippen LogP contribution in [-0.4, -0.2) is 50.3 Å². The summed E-state index contributed by atoms with van der Waals surface area (Å²) < 4.78 is 28.3. The standard InChI is InChI=1S/C24H32N4O2S.ClH/c1-18-8-9-20(3)22(16-18)31(29,30)28-14-10-24(11-15-28)23(25-12-13-27-24)26-17-21-7-5-4-6-19(21)2;/h4-9,16,27H,10-15,17H2,1-3H3,(H,25,26);1H. The van der Waals surface area contributed by atoms with Crippen LogP contribution in [0, 0.1) is 20.8 Å². The molecule has 0 unspecified atom stereocenters. The molecule has 0 atom stereocenters. The molecule has 174 valence electrons. The van der Waals surface area contributed by atoms with E-state index in [-0.39, 0.29) is 17.9 Å². The van der Waals surface area contributed by atoms with Crippen molar-refractivity contribution < 1.29 is 8.42 Å². The van der Waals surface area contributed by atoms with Crippen molar-refractivity contribution in [2.24, 2.45) is 4.99 Å². The van der Waals surface area contributed by atoms with E-state index in [4.69, 9.17) is 4.99 Å². The number of halogens is 1. The lowest BCUT2D eigenvalue weighted by Crippen LogP contribution is -2.64. The number of piperidine rings is 1. The molecule has 4 rings (SSSR count). The van der Waals surface area contributed by atoms with Crippen molar-refractivity contribution >= 4 is 28.3 Å². The van der Waals surface area contributed by atoms with E-state index in [0.29, 0.717) is 30.8 Å². The largest absolute Gasteiger partial charge is 0.368 e. The first-order valence-corrected chi connectivity index (χ1v) is 12.4. The van der Waals surface area contributed by atoms with E-state index in [9.17, 15) is 8.42 Å². The van der Waals surface area contributed by atoms with Crippen molar-refractivity contribution in [2.75, 3.05) is 26.2 Å². The van der Waals surface area contributed by atoms with Crippen LogP contribution in [0.25, 0.3) is 0 Å². The molecule has 6 nitrogen and oxygen atoms in total. The number of rotatable bonds is 4. The number of sulfonamides is 1. The van der Waals surface area contributed by atoms with Crippen molar-refractivity contribution in [3.63, 3.8) is 0 Å². The molecule has 32 heavy (non-hydrogen) atoms. The minimum absolute atomic E-state index is 0. The third-order valence-corrected chi connectivity index (χ3v) is 8.58. The third kappa shape index (κ3) is 4.86. The maximum absolute atomic E-state index is 13.3. The van der Waals surface area contributed by atoms with Gasteiger partial charge in [0.15, 0.2) is 0 Å². The zero-order valence-corrected chi connectivity index (χ0v) is 20.7. The van der Waals surface area contributed by atoms with E-state index >= 15 is 0 Å². The number of hydrogen-bond acceptors (Lipinski definition) is 5. The molecule has 8 heteroatoms. The number of nitrogens with one attached hydrogen (secondary N) is 2. The Morgan fingerprint density at radius 2 is 1.78 bits per heavy atom. The van der Waals surface area contributed by atoms with Crippen LogP contribution in [0.5, 0.6) is 0 Å². The second kappa shape index (κ2) is 9.91. The molecule has 2 aliphatic rings. The highest BCUT2D eigenvalue weighted by atomic mass is 35.5. The van der Waals surface area contributed by atoms with Crippen molar-refractivity contribution in [1.29, 1.82) is 0 Å². The fourth-order valence-corrected chi connectivity index (χ4v) is 6.31. The van der Waals surface area contributed by atoms with Gasteiger partial charge < -0.3 is 10.6 Å². The van der Waals surface area contributed by atoms with Gasteiger partial charge in [0, 0.05) is 26.2 Å². The lowest BCUT2D eigenvalue weighted by molar-refractivity contribution is 0.241. The topological polar surface area (TPSA) is 73.8 Å². The van der Waals surface area contributed by atoms with E-state index in [2.05, 4.69) is 35.8 Å². The van der Waals surface area contributed by atoms with Crippen molar-refractivity contribution in [3.8, 4) is 0 Å². The molecular formula is C24H33ClN4O2S. The summed E-state index contributed by atoms with van der Waals surface area (Å²) >= 11 is 0. The van der Waals surface area contributed by atoms with Crippen LogP contribution in [0.3, 0.4) is 0 Å². The van der Waals surface area contributed by atoms with Gasteiger partial charge >= 0.3 is 0 Å². The molecule has 1 saturated heterocycles. The molecule has 0 bridgehead atoms. The quantitative estimate of drug-likeness (QED) is 0.709. The van der Waals surface area contributed by atoms with Gasteiger partial charge in [-0.05, 0) is 61.9 Å². The highest BCUT2D eigenvalue weighted by Crippen LogP contribution is 2.30. The average Bonchev–Trinajstić information content (AvgIpc) is 2.76. The summed E-state index contributed by atoms with van der Waals surface area (Å²) in [6.07, 6.45) is 1.41. The Hall–Kier alpha value is -1.93. The maximum atomic E-state index is 13.3. The van der Waals surface area contributed by atoms with Gasteiger partial charge in [-0.15, -0.1) is 12.4 Å². The molecule has 2 heterocycles. The van der Waals surface area contributed by atoms with Crippen LogP contribution in [0.2, 0.25) is 0 Å². The molecule has 2 aliphatic heterocycles. The third-order valence-electron chi connectivity index (χ3n) is 6.54. The molecule has 0 aliphatic carbocycles. The van der Waals surface area contributed by atoms with Gasteiger partial charge in [-0.1, -0.05) is 36.4 Å². The Balaban J connectivity index is 0.00000289. The lowest BCUT2D eigenvalue weighted by atomic mass is 9.85. The normalized spacial score (nSPS) is 18.7. The van der Waals surface area contributed by atoms with Gasteiger partial charge in [0.05, 0.1) is 17.0 Å². The van der Waals surface area contributed by atoms with Crippen LogP contribution < -0.4 is 10.6 Å². The fraction of sp³-hybridized carbons (Fsp3) is 0.458. The van der Waals surface area contributed by atoms with Gasteiger partial charge in [0.1, 0.15) is 5.84 Å². The van der Waals surface area contributed by atoms with E-state index in [1.54, 1.807) is 10.4 Å². The summed E-state index contributed by atoms with van der Waals surface area (Å²) in [5, 5.41) is 7.21. The minimum Gasteiger partial charge on any atom is -0.368 e. The second-order valence-electron chi connectivity index (χ2n) is 8.69. The summed E-state index contributed by atoms with van der Waals surface area (Å²) in [5.41, 5.74) is 3.98. The summed E-state index contributed by atoms with van der Waals surface area (Å²) in [6, 6.07) is 14.0. The molecule has 2 N–H and O–H groups in total. The number of benzene rings is 2. The first-order chi connectivity index (χ1) is 14.8. The van der Waals surface area contributed by atoms with Gasteiger partial charge in [0.2, 0.25) is 10.0 Å². The van der Waals surface area contributed by atoms with Gasteiger partial charge in [-0.2, -0.15) is 4.31 Å². The molecule has 1 fully saturated rings. The van der Waals surface area contributed by atoms with E-state index in [0.717, 1.165) is 36.6 Å². The van der Waals surface area contributed by atoms with E-state index in [1.165, 1.54) is 11.1 Å². The lowest BCUT2D eigenvalue weighted by Gasteiger charge is -2.44. The Labute approximate surface area is 198 Å². The molecule has 1 spiro atoms. The van der Waals surface area contributed by atoms with Gasteiger partial charge in [-0.25, -0.2) is 8.42 Å². The monoisotopic (exact) mass is 476 g/mol. The van der Waals surface area contributed by atoms with Crippen molar-refractivity contribution in [2.45, 2.75) is 50.6 Å². The average molecular weight is 477 g/mol. The van der Waals surface area contributed by atoms with Gasteiger partial charge in [-0.3, -0.25) is 4.99 Å². The Morgan fingerprint density at radius 1 is 1.06 bits per heavy atom. The number of nitrogens with zero attached hydrogens (tertiary/aromatic N) is 2. The first-order valence-electron chi connectivity index (χ1n) is 11.0. The molecular weight excluding hydrogens is 444 g/mol. The summed E-state index contributed by atoms with van der Waals surface area (Å²) in [5.74, 6) is 0.964. The predicted octanol–water partition coefficient (Wildman–Crippen LogP) is 3.35. The van der Waals surface area contributed by atoms with Gasteiger partial charge in [0.25, 0.3) is 0 Å². The summed E-state index contributed by atoms with van der Waals surface area (Å²) in [4.78, 5) is 5.22. The smallest absolute Gasteiger partial charge is 0.243 e. The fourth-order valence-electron chi connectivity index (χ4n) is 4.56. The van der Waals surface area contributed by atoms with E-state index < -0.39 is 10.0 Å². The number of aliphatic imine (C=N–C) groups is 1. The van der Waals surface area contributed by atoms with Crippen molar-refractivity contribution in [3.05, 3.63) is 64.7 Å². The summed E-state index contributed by atoms with van der Waals surface area (Å²) in [7, 11) is -3.50. The zero-order chi connectivity index (χ0) is 22.1. The van der Waals surface area contributed by atoms with Crippen LogP contribution in [0.1, 0.15) is 35.1 Å². The molecule has 0 aromatic heterocycles. The summed E-state index contributed by atoms with van der Waals surface area (Å²) in [6.45, 7) is 9.14. The number of amidine groups is 1. The SMILES string of the molecule is Cc1ccc(C)c(S(=O)(=O)N2CCC3(CC2)NCCN=C3NCc2ccccc2C)c1.Cl. The molecule has 0 radical (unpaired) electrons. The molecule has 0 amide bonds. The number of aryl methyl sites for hydroxylation is 3. The second-order valence-corrected chi connectivity index (χ2v) is 10.6. The van der Waals surface area contributed by atoms with E-state index in [1.807, 2.05) is 32.0 Å².